The summed E-state index contributed by atoms with van der Waals surface area (Å²) in [5.74, 6) is 0. The number of piperidine rings is 1. The van der Waals surface area contributed by atoms with Gasteiger partial charge in [-0.1, -0.05) is 32.3 Å². The van der Waals surface area contributed by atoms with Gasteiger partial charge in [-0.25, -0.2) is 0 Å². The van der Waals surface area contributed by atoms with E-state index in [4.69, 9.17) is 0 Å². The SMILES string of the molecule is CCCCCN1CCCCC1.c1ccncc1. The Kier molecular flexibility index (Phi) is 8.57. The maximum Gasteiger partial charge on any atom is 0.0267 e. The second-order valence-electron chi connectivity index (χ2n) is 4.63. The Hall–Kier alpha value is -0.890. The maximum absolute atomic E-state index is 3.78. The number of unbranched alkanes of at least 4 members (excludes halogenated alkanes) is 2. The predicted molar refractivity (Wildman–Crippen MR) is 74.1 cm³/mol. The van der Waals surface area contributed by atoms with Gasteiger partial charge < -0.3 is 4.90 Å². The minimum Gasteiger partial charge on any atom is -0.303 e. The molecule has 17 heavy (non-hydrogen) atoms. The van der Waals surface area contributed by atoms with Crippen LogP contribution in [0.5, 0.6) is 0 Å². The molecule has 1 aromatic rings. The molecule has 0 spiro atoms. The summed E-state index contributed by atoms with van der Waals surface area (Å²) in [6.45, 7) is 6.36. The van der Waals surface area contributed by atoms with E-state index in [2.05, 4.69) is 16.8 Å². The Bertz CT molecular complexity index is 216. The molecule has 0 amide bonds. The molecule has 1 saturated heterocycles. The molecule has 2 nitrogen and oxygen atoms in total. The van der Waals surface area contributed by atoms with E-state index < -0.39 is 0 Å². The van der Waals surface area contributed by atoms with Gasteiger partial charge in [0.1, 0.15) is 0 Å². The van der Waals surface area contributed by atoms with Crippen LogP contribution in [0.1, 0.15) is 45.4 Å². The van der Waals surface area contributed by atoms with Crippen LogP contribution in [-0.4, -0.2) is 29.5 Å². The van der Waals surface area contributed by atoms with Crippen LogP contribution in [0.25, 0.3) is 0 Å². The molecule has 0 unspecified atom stereocenters. The molecule has 0 aromatic carbocycles. The zero-order valence-corrected chi connectivity index (χ0v) is 11.1. The highest BCUT2D eigenvalue weighted by Gasteiger charge is 2.08. The zero-order valence-electron chi connectivity index (χ0n) is 11.1. The van der Waals surface area contributed by atoms with Gasteiger partial charge in [-0.3, -0.25) is 4.98 Å². The lowest BCUT2D eigenvalue weighted by molar-refractivity contribution is 0.224. The van der Waals surface area contributed by atoms with Crippen molar-refractivity contribution in [2.24, 2.45) is 0 Å². The standard InChI is InChI=1S/C10H21N.C5H5N/c1-2-3-5-8-11-9-6-4-7-10-11;1-2-4-6-5-3-1/h2-10H2,1H3;1-5H. The number of likely N-dealkylation sites (tertiary alicyclic amines) is 1. The first-order valence-corrected chi connectivity index (χ1v) is 7.01. The molecule has 0 atom stereocenters. The third kappa shape index (κ3) is 7.92. The molecule has 96 valence electrons. The number of aromatic nitrogens is 1. The van der Waals surface area contributed by atoms with Crippen LogP contribution in [0.15, 0.2) is 30.6 Å². The van der Waals surface area contributed by atoms with Crippen LogP contribution in [0.2, 0.25) is 0 Å². The molecule has 0 N–H and O–H groups in total. The molecular formula is C15H26N2. The number of hydrogen-bond donors (Lipinski definition) is 0. The fraction of sp³-hybridized carbons (Fsp3) is 0.667. The lowest BCUT2D eigenvalue weighted by Gasteiger charge is -2.26. The van der Waals surface area contributed by atoms with Crippen LogP contribution in [0.4, 0.5) is 0 Å². The van der Waals surface area contributed by atoms with E-state index in [-0.39, 0.29) is 0 Å². The Morgan fingerprint density at radius 1 is 0.941 bits per heavy atom. The van der Waals surface area contributed by atoms with Crippen LogP contribution in [0, 0.1) is 0 Å². The smallest absolute Gasteiger partial charge is 0.0267 e. The summed E-state index contributed by atoms with van der Waals surface area (Å²) in [4.78, 5) is 6.41. The summed E-state index contributed by atoms with van der Waals surface area (Å²) < 4.78 is 0. The number of rotatable bonds is 4. The molecule has 0 bridgehead atoms. The van der Waals surface area contributed by atoms with Crippen molar-refractivity contribution >= 4 is 0 Å². The lowest BCUT2D eigenvalue weighted by Crippen LogP contribution is -2.30. The molecule has 1 aliphatic rings. The average Bonchev–Trinajstić information content (AvgIpc) is 2.43. The van der Waals surface area contributed by atoms with Crippen molar-refractivity contribution in [1.82, 2.24) is 9.88 Å². The maximum atomic E-state index is 3.78. The minimum atomic E-state index is 1.36. The van der Waals surface area contributed by atoms with Crippen LogP contribution < -0.4 is 0 Å². The Morgan fingerprint density at radius 2 is 1.65 bits per heavy atom. The fourth-order valence-corrected chi connectivity index (χ4v) is 2.08. The quantitative estimate of drug-likeness (QED) is 0.738. The fourth-order valence-electron chi connectivity index (χ4n) is 2.08. The third-order valence-electron chi connectivity index (χ3n) is 3.09. The van der Waals surface area contributed by atoms with Crippen molar-refractivity contribution in [2.75, 3.05) is 19.6 Å². The largest absolute Gasteiger partial charge is 0.303 e. The van der Waals surface area contributed by atoms with Gasteiger partial charge in [0.05, 0.1) is 0 Å². The van der Waals surface area contributed by atoms with Crippen molar-refractivity contribution in [2.45, 2.75) is 45.4 Å². The summed E-state index contributed by atoms with van der Waals surface area (Å²) in [5, 5.41) is 0. The summed E-state index contributed by atoms with van der Waals surface area (Å²) in [6, 6.07) is 5.72. The average molecular weight is 234 g/mol. The van der Waals surface area contributed by atoms with E-state index >= 15 is 0 Å². The van der Waals surface area contributed by atoms with Gasteiger partial charge in [0.15, 0.2) is 0 Å². The Labute approximate surface area is 106 Å². The first kappa shape index (κ1) is 14.2. The first-order chi connectivity index (χ1) is 8.43. The normalized spacial score (nSPS) is 16.1. The molecule has 2 rings (SSSR count). The minimum absolute atomic E-state index is 1.36. The Morgan fingerprint density at radius 3 is 2.12 bits per heavy atom. The first-order valence-electron chi connectivity index (χ1n) is 7.01. The highest BCUT2D eigenvalue weighted by atomic mass is 15.1. The Balaban J connectivity index is 0.000000202. The second kappa shape index (κ2) is 10.3. The van der Waals surface area contributed by atoms with E-state index in [1.165, 1.54) is 58.2 Å². The van der Waals surface area contributed by atoms with E-state index in [9.17, 15) is 0 Å². The summed E-state index contributed by atoms with van der Waals surface area (Å²) in [6.07, 6.45) is 12.0. The van der Waals surface area contributed by atoms with Crippen molar-refractivity contribution in [1.29, 1.82) is 0 Å². The highest BCUT2D eigenvalue weighted by Crippen LogP contribution is 2.09. The molecule has 1 fully saturated rings. The van der Waals surface area contributed by atoms with Gasteiger partial charge in [0.2, 0.25) is 0 Å². The molecule has 0 aliphatic carbocycles. The monoisotopic (exact) mass is 234 g/mol. The molecule has 1 aliphatic heterocycles. The lowest BCUT2D eigenvalue weighted by atomic mass is 10.1. The molecule has 0 saturated carbocycles. The van der Waals surface area contributed by atoms with Crippen molar-refractivity contribution < 1.29 is 0 Å². The van der Waals surface area contributed by atoms with E-state index in [0.29, 0.717) is 0 Å². The van der Waals surface area contributed by atoms with Crippen LogP contribution in [0.3, 0.4) is 0 Å². The second-order valence-corrected chi connectivity index (χ2v) is 4.63. The van der Waals surface area contributed by atoms with Gasteiger partial charge in [0.25, 0.3) is 0 Å². The third-order valence-corrected chi connectivity index (χ3v) is 3.09. The highest BCUT2D eigenvalue weighted by molar-refractivity contribution is 4.88. The zero-order chi connectivity index (χ0) is 12.2. The molecule has 2 heteroatoms. The van der Waals surface area contributed by atoms with Crippen molar-refractivity contribution in [3.8, 4) is 0 Å². The molecular weight excluding hydrogens is 208 g/mol. The number of pyridine rings is 1. The van der Waals surface area contributed by atoms with Gasteiger partial charge in [0, 0.05) is 12.4 Å². The predicted octanol–water partition coefficient (Wildman–Crippen LogP) is 3.74. The van der Waals surface area contributed by atoms with Crippen molar-refractivity contribution in [3.63, 3.8) is 0 Å². The van der Waals surface area contributed by atoms with E-state index in [0.717, 1.165) is 0 Å². The number of nitrogens with zero attached hydrogens (tertiary/aromatic N) is 2. The summed E-state index contributed by atoms with van der Waals surface area (Å²) in [5.41, 5.74) is 0. The molecule has 0 radical (unpaired) electrons. The van der Waals surface area contributed by atoms with E-state index in [1.54, 1.807) is 12.4 Å². The van der Waals surface area contributed by atoms with Crippen LogP contribution >= 0.6 is 0 Å². The molecule has 1 aromatic heterocycles. The van der Waals surface area contributed by atoms with Gasteiger partial charge >= 0.3 is 0 Å². The van der Waals surface area contributed by atoms with Crippen molar-refractivity contribution in [3.05, 3.63) is 30.6 Å². The van der Waals surface area contributed by atoms with Gasteiger partial charge in [-0.2, -0.15) is 0 Å². The summed E-state index contributed by atoms with van der Waals surface area (Å²) in [7, 11) is 0. The van der Waals surface area contributed by atoms with Gasteiger partial charge in [-0.05, 0) is 51.0 Å². The van der Waals surface area contributed by atoms with Crippen LogP contribution in [-0.2, 0) is 0 Å². The van der Waals surface area contributed by atoms with E-state index in [1.807, 2.05) is 18.2 Å². The van der Waals surface area contributed by atoms with Gasteiger partial charge in [-0.15, -0.1) is 0 Å². The topological polar surface area (TPSA) is 16.1 Å². The number of hydrogen-bond acceptors (Lipinski definition) is 2. The summed E-state index contributed by atoms with van der Waals surface area (Å²) >= 11 is 0. The molecule has 2 heterocycles.